The van der Waals surface area contributed by atoms with Crippen LogP contribution in [0.2, 0.25) is 0 Å². The molecule has 2 heterocycles. The van der Waals surface area contributed by atoms with Crippen LogP contribution in [0, 0.1) is 18.3 Å². The van der Waals surface area contributed by atoms with Gasteiger partial charge in [0.05, 0.1) is 11.6 Å². The molecule has 0 radical (unpaired) electrons. The van der Waals surface area contributed by atoms with Crippen molar-refractivity contribution in [3.05, 3.63) is 23.4 Å². The molecular formula is C13H18N4. The lowest BCUT2D eigenvalue weighted by atomic mass is 10.00. The fourth-order valence-electron chi connectivity index (χ4n) is 2.26. The Labute approximate surface area is 102 Å². The summed E-state index contributed by atoms with van der Waals surface area (Å²) in [4.78, 5) is 6.82. The SMILES string of the molecule is Cc1cc(C#N)cc(N2CCNCC2(C)C)n1. The van der Waals surface area contributed by atoms with E-state index in [9.17, 15) is 0 Å². The van der Waals surface area contributed by atoms with Crippen molar-refractivity contribution in [2.45, 2.75) is 26.3 Å². The van der Waals surface area contributed by atoms with Crippen LogP contribution in [0.25, 0.3) is 0 Å². The van der Waals surface area contributed by atoms with Gasteiger partial charge >= 0.3 is 0 Å². The van der Waals surface area contributed by atoms with Crippen LogP contribution < -0.4 is 10.2 Å². The molecule has 2 rings (SSSR count). The summed E-state index contributed by atoms with van der Waals surface area (Å²) in [6.45, 7) is 9.13. The van der Waals surface area contributed by atoms with Gasteiger partial charge in [-0.2, -0.15) is 5.26 Å². The summed E-state index contributed by atoms with van der Waals surface area (Å²) < 4.78 is 0. The summed E-state index contributed by atoms with van der Waals surface area (Å²) in [5, 5.41) is 12.4. The highest BCUT2D eigenvalue weighted by Gasteiger charge is 2.30. The second-order valence-corrected chi connectivity index (χ2v) is 5.11. The molecule has 0 aliphatic carbocycles. The van der Waals surface area contributed by atoms with Crippen molar-refractivity contribution >= 4 is 5.82 Å². The van der Waals surface area contributed by atoms with E-state index in [0.29, 0.717) is 5.56 Å². The van der Waals surface area contributed by atoms with E-state index in [1.54, 1.807) is 0 Å². The minimum atomic E-state index is 0.0335. The van der Waals surface area contributed by atoms with Crippen molar-refractivity contribution in [3.8, 4) is 6.07 Å². The molecule has 1 aromatic rings. The van der Waals surface area contributed by atoms with Gasteiger partial charge in [-0.25, -0.2) is 4.98 Å². The standard InChI is InChI=1S/C13H18N4/c1-10-6-11(8-14)7-12(16-10)17-5-4-15-9-13(17,2)3/h6-7,15H,4-5,9H2,1-3H3. The lowest BCUT2D eigenvalue weighted by Gasteiger charge is -2.43. The average molecular weight is 230 g/mol. The molecule has 1 aliphatic heterocycles. The van der Waals surface area contributed by atoms with Gasteiger partial charge in [-0.05, 0) is 32.9 Å². The van der Waals surface area contributed by atoms with Gasteiger partial charge in [0.1, 0.15) is 5.82 Å². The first-order chi connectivity index (χ1) is 8.03. The number of nitrogens with one attached hydrogen (secondary N) is 1. The molecule has 1 aromatic heterocycles. The highest BCUT2D eigenvalue weighted by atomic mass is 15.3. The molecule has 0 spiro atoms. The first-order valence-corrected chi connectivity index (χ1v) is 5.90. The first-order valence-electron chi connectivity index (χ1n) is 5.90. The Morgan fingerprint density at radius 1 is 1.47 bits per heavy atom. The molecule has 1 saturated heterocycles. The number of nitriles is 1. The molecule has 0 amide bonds. The summed E-state index contributed by atoms with van der Waals surface area (Å²) in [6, 6.07) is 5.89. The molecule has 17 heavy (non-hydrogen) atoms. The molecule has 0 aromatic carbocycles. The van der Waals surface area contributed by atoms with Gasteiger partial charge < -0.3 is 10.2 Å². The number of anilines is 1. The van der Waals surface area contributed by atoms with Crippen molar-refractivity contribution < 1.29 is 0 Å². The third-order valence-electron chi connectivity index (χ3n) is 3.15. The van der Waals surface area contributed by atoms with Crippen LogP contribution in [0.3, 0.4) is 0 Å². The largest absolute Gasteiger partial charge is 0.349 e. The lowest BCUT2D eigenvalue weighted by Crippen LogP contribution is -2.58. The van der Waals surface area contributed by atoms with E-state index in [2.05, 4.69) is 35.1 Å². The molecule has 0 atom stereocenters. The first kappa shape index (κ1) is 11.9. The van der Waals surface area contributed by atoms with Gasteiger partial charge in [-0.15, -0.1) is 0 Å². The summed E-state index contributed by atoms with van der Waals surface area (Å²) >= 11 is 0. The van der Waals surface area contributed by atoms with E-state index in [-0.39, 0.29) is 5.54 Å². The van der Waals surface area contributed by atoms with Crippen LogP contribution in [0.5, 0.6) is 0 Å². The van der Waals surface area contributed by atoms with Gasteiger partial charge in [-0.3, -0.25) is 0 Å². The van der Waals surface area contributed by atoms with Gasteiger partial charge in [-0.1, -0.05) is 0 Å². The molecule has 90 valence electrons. The fraction of sp³-hybridized carbons (Fsp3) is 0.538. The smallest absolute Gasteiger partial charge is 0.130 e. The molecule has 0 saturated carbocycles. The lowest BCUT2D eigenvalue weighted by molar-refractivity contribution is 0.377. The third kappa shape index (κ3) is 2.40. The molecule has 1 aliphatic rings. The zero-order valence-corrected chi connectivity index (χ0v) is 10.6. The number of aromatic nitrogens is 1. The minimum absolute atomic E-state index is 0.0335. The van der Waals surface area contributed by atoms with E-state index in [4.69, 9.17) is 5.26 Å². The van der Waals surface area contributed by atoms with E-state index in [1.807, 2.05) is 19.1 Å². The van der Waals surface area contributed by atoms with Crippen LogP contribution in [0.1, 0.15) is 25.1 Å². The number of hydrogen-bond acceptors (Lipinski definition) is 4. The van der Waals surface area contributed by atoms with Crippen LogP contribution >= 0.6 is 0 Å². The van der Waals surface area contributed by atoms with E-state index < -0.39 is 0 Å². The number of aryl methyl sites for hydroxylation is 1. The summed E-state index contributed by atoms with van der Waals surface area (Å²) in [7, 11) is 0. The van der Waals surface area contributed by atoms with Gasteiger partial charge in [0.25, 0.3) is 0 Å². The number of hydrogen-bond donors (Lipinski definition) is 1. The Morgan fingerprint density at radius 3 is 2.88 bits per heavy atom. The van der Waals surface area contributed by atoms with Crippen LogP contribution in [-0.2, 0) is 0 Å². The number of nitrogens with zero attached hydrogens (tertiary/aromatic N) is 3. The maximum atomic E-state index is 9.01. The van der Waals surface area contributed by atoms with Crippen molar-refractivity contribution in [1.29, 1.82) is 5.26 Å². The van der Waals surface area contributed by atoms with Crippen molar-refractivity contribution in [1.82, 2.24) is 10.3 Å². The average Bonchev–Trinajstić information content (AvgIpc) is 2.27. The second-order valence-electron chi connectivity index (χ2n) is 5.11. The molecule has 4 nitrogen and oxygen atoms in total. The monoisotopic (exact) mass is 230 g/mol. The Bertz CT molecular complexity index is 459. The Morgan fingerprint density at radius 2 is 2.24 bits per heavy atom. The predicted octanol–water partition coefficient (Wildman–Crippen LogP) is 1.45. The maximum absolute atomic E-state index is 9.01. The van der Waals surface area contributed by atoms with Crippen LogP contribution in [-0.4, -0.2) is 30.2 Å². The van der Waals surface area contributed by atoms with Crippen molar-refractivity contribution in [3.63, 3.8) is 0 Å². The Hall–Kier alpha value is -1.60. The van der Waals surface area contributed by atoms with Crippen LogP contribution in [0.15, 0.2) is 12.1 Å². The highest BCUT2D eigenvalue weighted by molar-refractivity contribution is 5.49. The Balaban J connectivity index is 2.39. The highest BCUT2D eigenvalue weighted by Crippen LogP contribution is 2.24. The van der Waals surface area contributed by atoms with Crippen LogP contribution in [0.4, 0.5) is 5.82 Å². The normalized spacial score (nSPS) is 18.8. The van der Waals surface area contributed by atoms with E-state index in [0.717, 1.165) is 31.1 Å². The molecular weight excluding hydrogens is 212 g/mol. The summed E-state index contributed by atoms with van der Waals surface area (Å²) in [6.07, 6.45) is 0. The predicted molar refractivity (Wildman–Crippen MR) is 68.0 cm³/mol. The molecule has 1 N–H and O–H groups in total. The quantitative estimate of drug-likeness (QED) is 0.793. The second kappa shape index (κ2) is 4.34. The molecule has 0 unspecified atom stereocenters. The number of rotatable bonds is 1. The van der Waals surface area contributed by atoms with Gasteiger partial charge in [0.2, 0.25) is 0 Å². The zero-order valence-electron chi connectivity index (χ0n) is 10.6. The van der Waals surface area contributed by atoms with E-state index >= 15 is 0 Å². The zero-order chi connectivity index (χ0) is 12.5. The van der Waals surface area contributed by atoms with Crippen molar-refractivity contribution in [2.24, 2.45) is 0 Å². The number of piperazine rings is 1. The summed E-state index contributed by atoms with van der Waals surface area (Å²) in [5.41, 5.74) is 1.61. The minimum Gasteiger partial charge on any atom is -0.349 e. The fourth-order valence-corrected chi connectivity index (χ4v) is 2.26. The molecule has 0 bridgehead atoms. The third-order valence-corrected chi connectivity index (χ3v) is 3.15. The van der Waals surface area contributed by atoms with Crippen molar-refractivity contribution in [2.75, 3.05) is 24.5 Å². The number of pyridine rings is 1. The van der Waals surface area contributed by atoms with Gasteiger partial charge in [0.15, 0.2) is 0 Å². The topological polar surface area (TPSA) is 52.0 Å². The maximum Gasteiger partial charge on any atom is 0.130 e. The molecule has 1 fully saturated rings. The Kier molecular flexibility index (Phi) is 3.03. The summed E-state index contributed by atoms with van der Waals surface area (Å²) in [5.74, 6) is 0.910. The van der Waals surface area contributed by atoms with Gasteiger partial charge in [0, 0.05) is 30.9 Å². The van der Waals surface area contributed by atoms with E-state index in [1.165, 1.54) is 0 Å². The molecule has 4 heteroatoms.